The number of hydrogen-bond acceptors (Lipinski definition) is 3. The molecule has 1 aromatic carbocycles. The van der Waals surface area contributed by atoms with Gasteiger partial charge in [0.25, 0.3) is 5.91 Å². The van der Waals surface area contributed by atoms with Gasteiger partial charge in [-0.05, 0) is 60.7 Å². The Morgan fingerprint density at radius 1 is 1.22 bits per heavy atom. The number of anilines is 1. The number of aromatic amines is 2. The summed E-state index contributed by atoms with van der Waals surface area (Å²) in [5.74, 6) is 1.07. The Hall–Kier alpha value is -3.09. The molecule has 4 rings (SSSR count). The van der Waals surface area contributed by atoms with Gasteiger partial charge in [-0.15, -0.1) is 0 Å². The summed E-state index contributed by atoms with van der Waals surface area (Å²) in [6.07, 6.45) is 3.75. The topological polar surface area (TPSA) is 76.8 Å². The summed E-state index contributed by atoms with van der Waals surface area (Å²) in [6.45, 7) is 2.49. The van der Waals surface area contributed by atoms with Crippen LogP contribution in [0.2, 0.25) is 0 Å². The van der Waals surface area contributed by atoms with Crippen LogP contribution in [0.1, 0.15) is 23.3 Å². The molecule has 6 nitrogen and oxygen atoms in total. The molecule has 7 heteroatoms. The maximum absolute atomic E-state index is 13.1. The van der Waals surface area contributed by atoms with Crippen molar-refractivity contribution in [3.05, 3.63) is 60.2 Å². The van der Waals surface area contributed by atoms with Crippen LogP contribution in [0.3, 0.4) is 0 Å². The predicted octanol–water partition coefficient (Wildman–Crippen LogP) is 3.19. The van der Waals surface area contributed by atoms with Gasteiger partial charge in [0.15, 0.2) is 5.82 Å². The molecule has 3 heterocycles. The highest BCUT2D eigenvalue weighted by atomic mass is 19.1. The highest BCUT2D eigenvalue weighted by Gasteiger charge is 2.22. The van der Waals surface area contributed by atoms with E-state index in [0.717, 1.165) is 43.0 Å². The summed E-state index contributed by atoms with van der Waals surface area (Å²) in [5, 5.41) is 10.4. The lowest BCUT2D eigenvalue weighted by Crippen LogP contribution is -2.38. The Bertz CT molecular complexity index is 880. The zero-order valence-electron chi connectivity index (χ0n) is 14.9. The monoisotopic (exact) mass is 367 g/mol. The Labute approximate surface area is 156 Å². The van der Waals surface area contributed by atoms with E-state index in [9.17, 15) is 9.18 Å². The third-order valence-corrected chi connectivity index (χ3v) is 5.05. The number of carbonyl (C=O) groups is 1. The molecule has 1 fully saturated rings. The molecular weight excluding hydrogens is 345 g/mol. The maximum Gasteiger partial charge on any atom is 0.267 e. The van der Waals surface area contributed by atoms with E-state index in [1.54, 1.807) is 24.4 Å². The Balaban J connectivity index is 1.29. The number of nitrogens with zero attached hydrogens (tertiary/aromatic N) is 2. The van der Waals surface area contributed by atoms with E-state index in [1.165, 1.54) is 12.1 Å². The number of benzene rings is 1. The van der Waals surface area contributed by atoms with Crippen molar-refractivity contribution >= 4 is 11.7 Å². The van der Waals surface area contributed by atoms with Crippen molar-refractivity contribution in [1.29, 1.82) is 0 Å². The lowest BCUT2D eigenvalue weighted by Gasteiger charge is -2.32. The Morgan fingerprint density at radius 3 is 2.70 bits per heavy atom. The van der Waals surface area contributed by atoms with Gasteiger partial charge in [0.05, 0.1) is 5.69 Å². The number of carbonyl (C=O) groups excluding carboxylic acids is 1. The smallest absolute Gasteiger partial charge is 0.267 e. The van der Waals surface area contributed by atoms with Gasteiger partial charge >= 0.3 is 0 Å². The van der Waals surface area contributed by atoms with Crippen molar-refractivity contribution in [2.75, 3.05) is 24.5 Å². The maximum atomic E-state index is 13.1. The standard InChI is InChI=1S/C20H22FN5O/c21-16-5-3-15(4-6-16)18-12-19(25-24-18)26-10-7-14(8-11-26)13-23-20(27)17-2-1-9-22-17/h1-6,9,12,14,22H,7-8,10-11,13H2,(H,23,27)(H,24,25). The SMILES string of the molecule is O=C(NCC1CCN(c2cc(-c3ccc(F)cc3)[nH]n2)CC1)c1ccc[nH]1. The van der Waals surface area contributed by atoms with Crippen LogP contribution in [-0.4, -0.2) is 40.7 Å². The van der Waals surface area contributed by atoms with Gasteiger partial charge in [-0.3, -0.25) is 9.89 Å². The van der Waals surface area contributed by atoms with Gasteiger partial charge in [0.2, 0.25) is 0 Å². The van der Waals surface area contributed by atoms with E-state index >= 15 is 0 Å². The van der Waals surface area contributed by atoms with Crippen LogP contribution in [0.5, 0.6) is 0 Å². The fourth-order valence-electron chi connectivity index (χ4n) is 3.42. The third-order valence-electron chi connectivity index (χ3n) is 5.05. The van der Waals surface area contributed by atoms with Crippen molar-refractivity contribution in [2.45, 2.75) is 12.8 Å². The second-order valence-corrected chi connectivity index (χ2v) is 6.87. The first-order valence-electron chi connectivity index (χ1n) is 9.17. The number of halogens is 1. The van der Waals surface area contributed by atoms with E-state index in [1.807, 2.05) is 12.1 Å². The highest BCUT2D eigenvalue weighted by Crippen LogP contribution is 2.25. The molecular formula is C20H22FN5O. The number of nitrogens with one attached hydrogen (secondary N) is 3. The van der Waals surface area contributed by atoms with Crippen LogP contribution in [0.15, 0.2) is 48.7 Å². The van der Waals surface area contributed by atoms with E-state index < -0.39 is 0 Å². The minimum atomic E-state index is -0.246. The van der Waals surface area contributed by atoms with Crippen LogP contribution in [-0.2, 0) is 0 Å². The van der Waals surface area contributed by atoms with Crippen molar-refractivity contribution in [3.63, 3.8) is 0 Å². The van der Waals surface area contributed by atoms with E-state index in [0.29, 0.717) is 18.2 Å². The molecule has 0 spiro atoms. The van der Waals surface area contributed by atoms with Crippen LogP contribution in [0.25, 0.3) is 11.3 Å². The average molecular weight is 367 g/mol. The molecule has 3 N–H and O–H groups in total. The number of hydrogen-bond donors (Lipinski definition) is 3. The minimum Gasteiger partial charge on any atom is -0.357 e. The number of piperidine rings is 1. The molecule has 0 unspecified atom stereocenters. The summed E-state index contributed by atoms with van der Waals surface area (Å²) in [6, 6.07) is 12.0. The third kappa shape index (κ3) is 4.02. The number of rotatable bonds is 5. The second kappa shape index (κ2) is 7.65. The number of H-pyrrole nitrogens is 2. The molecule has 0 atom stereocenters. The fourth-order valence-corrected chi connectivity index (χ4v) is 3.42. The lowest BCUT2D eigenvalue weighted by atomic mass is 9.96. The van der Waals surface area contributed by atoms with Crippen molar-refractivity contribution in [1.82, 2.24) is 20.5 Å². The second-order valence-electron chi connectivity index (χ2n) is 6.87. The molecule has 0 bridgehead atoms. The largest absolute Gasteiger partial charge is 0.357 e. The van der Waals surface area contributed by atoms with Gasteiger partial charge < -0.3 is 15.2 Å². The van der Waals surface area contributed by atoms with Crippen molar-refractivity contribution < 1.29 is 9.18 Å². The molecule has 1 saturated heterocycles. The number of aromatic nitrogens is 3. The molecule has 1 aliphatic rings. The van der Waals surface area contributed by atoms with Crippen LogP contribution >= 0.6 is 0 Å². The lowest BCUT2D eigenvalue weighted by molar-refractivity contribution is 0.0940. The molecule has 27 heavy (non-hydrogen) atoms. The van der Waals surface area contributed by atoms with Gasteiger partial charge in [0, 0.05) is 31.9 Å². The minimum absolute atomic E-state index is 0.0568. The quantitative estimate of drug-likeness (QED) is 0.648. The molecule has 140 valence electrons. The molecule has 1 amide bonds. The summed E-state index contributed by atoms with van der Waals surface area (Å²) in [7, 11) is 0. The first-order valence-corrected chi connectivity index (χ1v) is 9.17. The molecule has 0 radical (unpaired) electrons. The average Bonchev–Trinajstić information content (AvgIpc) is 3.39. The first-order chi connectivity index (χ1) is 13.2. The number of amides is 1. The van der Waals surface area contributed by atoms with Gasteiger partial charge in [-0.1, -0.05) is 0 Å². The fraction of sp³-hybridized carbons (Fsp3) is 0.300. The summed E-state index contributed by atoms with van der Waals surface area (Å²) < 4.78 is 13.1. The summed E-state index contributed by atoms with van der Waals surface area (Å²) >= 11 is 0. The van der Waals surface area contributed by atoms with E-state index in [2.05, 4.69) is 25.4 Å². The Kier molecular flexibility index (Phi) is 4.91. The zero-order valence-corrected chi connectivity index (χ0v) is 14.9. The van der Waals surface area contributed by atoms with Crippen molar-refractivity contribution in [3.8, 4) is 11.3 Å². The molecule has 0 saturated carbocycles. The van der Waals surface area contributed by atoms with Crippen molar-refractivity contribution in [2.24, 2.45) is 5.92 Å². The normalized spacial score (nSPS) is 15.1. The molecule has 1 aliphatic heterocycles. The predicted molar refractivity (Wildman–Crippen MR) is 102 cm³/mol. The summed E-state index contributed by atoms with van der Waals surface area (Å²) in [5.41, 5.74) is 2.39. The van der Waals surface area contributed by atoms with Gasteiger partial charge in [0.1, 0.15) is 11.5 Å². The van der Waals surface area contributed by atoms with E-state index in [4.69, 9.17) is 0 Å². The Morgan fingerprint density at radius 2 is 2.00 bits per heavy atom. The molecule has 2 aromatic heterocycles. The van der Waals surface area contributed by atoms with E-state index in [-0.39, 0.29) is 11.7 Å². The first kappa shape index (κ1) is 17.3. The van der Waals surface area contributed by atoms with Crippen LogP contribution < -0.4 is 10.2 Å². The van der Waals surface area contributed by atoms with Crippen LogP contribution in [0, 0.1) is 11.7 Å². The van der Waals surface area contributed by atoms with Crippen LogP contribution in [0.4, 0.5) is 10.2 Å². The zero-order chi connectivity index (χ0) is 18.6. The van der Waals surface area contributed by atoms with Gasteiger partial charge in [-0.2, -0.15) is 5.10 Å². The molecule has 3 aromatic rings. The van der Waals surface area contributed by atoms with Gasteiger partial charge in [-0.25, -0.2) is 4.39 Å². The molecule has 0 aliphatic carbocycles. The summed E-state index contributed by atoms with van der Waals surface area (Å²) in [4.78, 5) is 17.2. The highest BCUT2D eigenvalue weighted by molar-refractivity contribution is 5.92.